The van der Waals surface area contributed by atoms with E-state index in [0.29, 0.717) is 5.92 Å². The van der Waals surface area contributed by atoms with Gasteiger partial charge in [0.05, 0.1) is 11.0 Å². The second kappa shape index (κ2) is 6.41. The molecule has 0 radical (unpaired) electrons. The zero-order chi connectivity index (χ0) is 15.5. The molecular weight excluding hydrogens is 294 g/mol. The topological polar surface area (TPSA) is 29.9 Å². The molecule has 0 amide bonds. The Morgan fingerprint density at radius 2 is 1.95 bits per heavy atom. The number of fused-ring (bicyclic) bond motifs is 1. The molecule has 0 aliphatic rings. The molecule has 22 heavy (non-hydrogen) atoms. The molecule has 4 heteroatoms. The lowest BCUT2D eigenvalue weighted by Gasteiger charge is -2.12. The molecule has 2 aromatic carbocycles. The minimum absolute atomic E-state index is 0.653. The smallest absolute Gasteiger partial charge is 0.208 e. The molecular formula is C18H20ClN3. The number of benzene rings is 2. The predicted molar refractivity (Wildman–Crippen MR) is 93.9 cm³/mol. The van der Waals surface area contributed by atoms with E-state index in [0.717, 1.165) is 40.7 Å². The molecule has 0 atom stereocenters. The molecule has 1 N–H and O–H groups in total. The summed E-state index contributed by atoms with van der Waals surface area (Å²) >= 11 is 6.07. The first kappa shape index (κ1) is 14.9. The van der Waals surface area contributed by atoms with E-state index in [4.69, 9.17) is 16.6 Å². The first-order valence-electron chi connectivity index (χ1n) is 7.61. The number of para-hydroxylation sites is 2. The Hall–Kier alpha value is -2.00. The molecule has 114 valence electrons. The van der Waals surface area contributed by atoms with Crippen LogP contribution >= 0.6 is 11.6 Å². The van der Waals surface area contributed by atoms with Crippen LogP contribution in [0.4, 0.5) is 11.6 Å². The zero-order valence-corrected chi connectivity index (χ0v) is 13.6. The van der Waals surface area contributed by atoms with E-state index < -0.39 is 0 Å². The van der Waals surface area contributed by atoms with Crippen LogP contribution in [0.5, 0.6) is 0 Å². The van der Waals surface area contributed by atoms with Crippen LogP contribution in [0.2, 0.25) is 5.02 Å². The molecule has 0 saturated carbocycles. The number of nitrogens with one attached hydrogen (secondary N) is 1. The number of hydrogen-bond donors (Lipinski definition) is 1. The van der Waals surface area contributed by atoms with Crippen molar-refractivity contribution in [1.29, 1.82) is 0 Å². The van der Waals surface area contributed by atoms with Gasteiger partial charge in [-0.25, -0.2) is 4.98 Å². The minimum atomic E-state index is 0.653. The summed E-state index contributed by atoms with van der Waals surface area (Å²) < 4.78 is 2.25. The standard InChI is InChI=1S/C18H20ClN3/c1-13(2)10-11-22-17-9-4-3-8-16(17)21-18(22)20-15-7-5-6-14(19)12-15/h3-9,12-13H,10-11H2,1-2H3,(H,20,21). The Morgan fingerprint density at radius 3 is 2.73 bits per heavy atom. The summed E-state index contributed by atoms with van der Waals surface area (Å²) in [6, 6.07) is 16.0. The molecule has 0 saturated heterocycles. The molecule has 1 heterocycles. The number of rotatable bonds is 5. The summed E-state index contributed by atoms with van der Waals surface area (Å²) in [6.07, 6.45) is 1.12. The third kappa shape index (κ3) is 3.25. The van der Waals surface area contributed by atoms with Crippen molar-refractivity contribution >= 4 is 34.3 Å². The SMILES string of the molecule is CC(C)CCn1c(Nc2cccc(Cl)c2)nc2ccccc21. The van der Waals surface area contributed by atoms with Gasteiger partial charge < -0.3 is 9.88 Å². The lowest BCUT2D eigenvalue weighted by Crippen LogP contribution is -2.06. The van der Waals surface area contributed by atoms with Crippen molar-refractivity contribution in [3.8, 4) is 0 Å². The second-order valence-electron chi connectivity index (χ2n) is 5.89. The summed E-state index contributed by atoms with van der Waals surface area (Å²) in [4.78, 5) is 4.72. The van der Waals surface area contributed by atoms with Crippen molar-refractivity contribution in [3.63, 3.8) is 0 Å². The second-order valence-corrected chi connectivity index (χ2v) is 6.33. The van der Waals surface area contributed by atoms with E-state index in [9.17, 15) is 0 Å². The lowest BCUT2D eigenvalue weighted by molar-refractivity contribution is 0.526. The van der Waals surface area contributed by atoms with Crippen molar-refractivity contribution < 1.29 is 0 Å². The van der Waals surface area contributed by atoms with Crippen molar-refractivity contribution in [2.45, 2.75) is 26.8 Å². The number of halogens is 1. The van der Waals surface area contributed by atoms with Crippen LogP contribution in [-0.2, 0) is 6.54 Å². The minimum Gasteiger partial charge on any atom is -0.326 e. The van der Waals surface area contributed by atoms with E-state index >= 15 is 0 Å². The van der Waals surface area contributed by atoms with E-state index in [1.807, 2.05) is 36.4 Å². The van der Waals surface area contributed by atoms with Crippen molar-refractivity contribution in [2.75, 3.05) is 5.32 Å². The first-order chi connectivity index (χ1) is 10.6. The number of nitrogens with zero attached hydrogens (tertiary/aromatic N) is 2. The third-order valence-corrected chi connectivity index (χ3v) is 3.90. The summed E-state index contributed by atoms with van der Waals surface area (Å²) in [7, 11) is 0. The number of aryl methyl sites for hydroxylation is 1. The number of aromatic nitrogens is 2. The number of anilines is 2. The van der Waals surface area contributed by atoms with Crippen molar-refractivity contribution in [3.05, 3.63) is 53.6 Å². The van der Waals surface area contributed by atoms with E-state index in [2.05, 4.69) is 35.9 Å². The maximum atomic E-state index is 6.07. The summed E-state index contributed by atoms with van der Waals surface area (Å²) in [6.45, 7) is 5.42. The normalized spacial score (nSPS) is 11.3. The molecule has 0 bridgehead atoms. The Morgan fingerprint density at radius 1 is 1.14 bits per heavy atom. The van der Waals surface area contributed by atoms with Gasteiger partial charge in [-0.15, -0.1) is 0 Å². The summed E-state index contributed by atoms with van der Waals surface area (Å²) in [5.74, 6) is 1.52. The molecule has 1 aromatic heterocycles. The van der Waals surface area contributed by atoms with Crippen LogP contribution in [0.25, 0.3) is 11.0 Å². The van der Waals surface area contributed by atoms with Crippen LogP contribution in [0.3, 0.4) is 0 Å². The highest BCUT2D eigenvalue weighted by atomic mass is 35.5. The average molecular weight is 314 g/mol. The lowest BCUT2D eigenvalue weighted by atomic mass is 10.1. The Balaban J connectivity index is 1.98. The van der Waals surface area contributed by atoms with Crippen LogP contribution < -0.4 is 5.32 Å². The van der Waals surface area contributed by atoms with Gasteiger partial charge in [-0.3, -0.25) is 0 Å². The zero-order valence-electron chi connectivity index (χ0n) is 12.9. The number of imidazole rings is 1. The summed E-state index contributed by atoms with van der Waals surface area (Å²) in [5.41, 5.74) is 3.12. The van der Waals surface area contributed by atoms with E-state index in [1.54, 1.807) is 0 Å². The molecule has 3 rings (SSSR count). The van der Waals surface area contributed by atoms with Gasteiger partial charge in [0.25, 0.3) is 0 Å². The maximum absolute atomic E-state index is 6.07. The van der Waals surface area contributed by atoms with Gasteiger partial charge in [0, 0.05) is 17.3 Å². The molecule has 0 aliphatic carbocycles. The van der Waals surface area contributed by atoms with Crippen molar-refractivity contribution in [2.24, 2.45) is 5.92 Å². The fourth-order valence-corrected chi connectivity index (χ4v) is 2.67. The van der Waals surface area contributed by atoms with Gasteiger partial charge in [0.15, 0.2) is 0 Å². The van der Waals surface area contributed by atoms with Gasteiger partial charge in [-0.05, 0) is 42.7 Å². The van der Waals surface area contributed by atoms with Crippen molar-refractivity contribution in [1.82, 2.24) is 9.55 Å². The molecule has 0 spiro atoms. The molecule has 0 aliphatic heterocycles. The maximum Gasteiger partial charge on any atom is 0.208 e. The third-order valence-electron chi connectivity index (χ3n) is 3.67. The van der Waals surface area contributed by atoms with Gasteiger partial charge in [-0.1, -0.05) is 43.6 Å². The van der Waals surface area contributed by atoms with Gasteiger partial charge in [-0.2, -0.15) is 0 Å². The Labute approximate surface area is 135 Å². The Bertz CT molecular complexity index is 777. The molecule has 3 aromatic rings. The van der Waals surface area contributed by atoms with E-state index in [-0.39, 0.29) is 0 Å². The summed E-state index contributed by atoms with van der Waals surface area (Å²) in [5, 5.41) is 4.11. The highest BCUT2D eigenvalue weighted by Gasteiger charge is 2.11. The largest absolute Gasteiger partial charge is 0.326 e. The fourth-order valence-electron chi connectivity index (χ4n) is 2.48. The average Bonchev–Trinajstić information content (AvgIpc) is 2.82. The quantitative estimate of drug-likeness (QED) is 0.676. The van der Waals surface area contributed by atoms with Crippen LogP contribution in [0.1, 0.15) is 20.3 Å². The van der Waals surface area contributed by atoms with Crippen LogP contribution in [0, 0.1) is 5.92 Å². The first-order valence-corrected chi connectivity index (χ1v) is 7.99. The fraction of sp³-hybridized carbons (Fsp3) is 0.278. The van der Waals surface area contributed by atoms with Crippen LogP contribution in [-0.4, -0.2) is 9.55 Å². The molecule has 0 fully saturated rings. The van der Waals surface area contributed by atoms with Crippen LogP contribution in [0.15, 0.2) is 48.5 Å². The molecule has 3 nitrogen and oxygen atoms in total. The highest BCUT2D eigenvalue weighted by Crippen LogP contribution is 2.25. The monoisotopic (exact) mass is 313 g/mol. The van der Waals surface area contributed by atoms with E-state index in [1.165, 1.54) is 0 Å². The van der Waals surface area contributed by atoms with Gasteiger partial charge >= 0.3 is 0 Å². The number of hydrogen-bond acceptors (Lipinski definition) is 2. The molecule has 0 unspecified atom stereocenters. The Kier molecular flexibility index (Phi) is 4.34. The predicted octanol–water partition coefficient (Wildman–Crippen LogP) is 5.48. The van der Waals surface area contributed by atoms with Gasteiger partial charge in [0.1, 0.15) is 0 Å². The highest BCUT2D eigenvalue weighted by molar-refractivity contribution is 6.30. The van der Waals surface area contributed by atoms with Gasteiger partial charge in [0.2, 0.25) is 5.95 Å².